The van der Waals surface area contributed by atoms with Crippen LogP contribution in [0.25, 0.3) is 0 Å². The Morgan fingerprint density at radius 1 is 0.917 bits per heavy atom. The van der Waals surface area contributed by atoms with Crippen LogP contribution in [0, 0.1) is 46.8 Å². The van der Waals surface area contributed by atoms with Crippen molar-refractivity contribution in [2.45, 2.75) is 76.1 Å². The van der Waals surface area contributed by atoms with E-state index >= 15 is 0 Å². The minimum Gasteiger partial charge on any atom is -0.462 e. The highest BCUT2D eigenvalue weighted by atomic mass is 16.6. The van der Waals surface area contributed by atoms with Crippen LogP contribution in [0.1, 0.15) is 57.8 Å². The molecule has 9 nitrogen and oxygen atoms in total. The summed E-state index contributed by atoms with van der Waals surface area (Å²) in [5.41, 5.74) is -0.429. The molecular weight excluding hydrogens is 466 g/mol. The number of piperidine rings is 1. The zero-order chi connectivity index (χ0) is 24.6. The van der Waals surface area contributed by atoms with Crippen LogP contribution in [-0.2, 0) is 38.1 Å². The fourth-order valence-electron chi connectivity index (χ4n) is 9.55. The molecule has 8 rings (SSSR count). The van der Waals surface area contributed by atoms with E-state index in [2.05, 4.69) is 5.32 Å². The van der Waals surface area contributed by atoms with Crippen LogP contribution >= 0.6 is 0 Å². The molecule has 6 unspecified atom stereocenters. The van der Waals surface area contributed by atoms with Gasteiger partial charge in [0.25, 0.3) is 0 Å². The third-order valence-electron chi connectivity index (χ3n) is 10.5. The van der Waals surface area contributed by atoms with E-state index in [1.54, 1.807) is 0 Å². The van der Waals surface area contributed by atoms with Gasteiger partial charge in [-0.1, -0.05) is 0 Å². The van der Waals surface area contributed by atoms with Crippen molar-refractivity contribution in [3.05, 3.63) is 0 Å². The highest BCUT2D eigenvalue weighted by Crippen LogP contribution is 2.61. The third kappa shape index (κ3) is 3.59. The molecule has 2 N–H and O–H groups in total. The monoisotopic (exact) mass is 502 g/mol. The average molecular weight is 503 g/mol. The first kappa shape index (κ1) is 23.0. The molecule has 36 heavy (non-hydrogen) atoms. The van der Waals surface area contributed by atoms with Crippen LogP contribution in [0.3, 0.4) is 0 Å². The van der Waals surface area contributed by atoms with E-state index in [0.717, 1.165) is 45.2 Å². The van der Waals surface area contributed by atoms with E-state index in [9.17, 15) is 19.2 Å². The predicted octanol–water partition coefficient (Wildman–Crippen LogP) is 0.734. The van der Waals surface area contributed by atoms with Gasteiger partial charge in [-0.05, 0) is 62.7 Å². The van der Waals surface area contributed by atoms with Gasteiger partial charge in [0, 0.05) is 24.7 Å². The predicted molar refractivity (Wildman–Crippen MR) is 121 cm³/mol. The van der Waals surface area contributed by atoms with Gasteiger partial charge in [-0.15, -0.1) is 0 Å². The summed E-state index contributed by atoms with van der Waals surface area (Å²) >= 11 is 0. The van der Waals surface area contributed by atoms with Gasteiger partial charge in [0.1, 0.15) is 18.3 Å². The molecule has 6 saturated carbocycles. The molecule has 6 aliphatic carbocycles. The highest BCUT2D eigenvalue weighted by Gasteiger charge is 2.70. The molecule has 8 fully saturated rings. The van der Waals surface area contributed by atoms with Gasteiger partial charge in [0.05, 0.1) is 30.3 Å². The normalized spacial score (nSPS) is 46.0. The fraction of sp³-hybridized carbons (Fsp3) is 0.852. The zero-order valence-electron chi connectivity index (χ0n) is 20.6. The van der Waals surface area contributed by atoms with Crippen molar-refractivity contribution < 1.29 is 43.4 Å². The van der Waals surface area contributed by atoms with E-state index in [1.807, 2.05) is 0 Å². The second-order valence-electron chi connectivity index (χ2n) is 12.7. The second-order valence-corrected chi connectivity index (χ2v) is 12.7. The molecule has 6 bridgehead atoms. The number of hydrogen-bond acceptors (Lipinski definition) is 8. The van der Waals surface area contributed by atoms with Crippen molar-refractivity contribution in [2.75, 3.05) is 19.7 Å². The Hall–Kier alpha value is -2.16. The second kappa shape index (κ2) is 8.43. The molecule has 0 aromatic heterocycles. The number of esters is 4. The SMILES string of the molecule is O=C(COC(=O)C12CC3CC(CC(C3)C1)C2)OC1C2CC3C1OC(=O)C3C2C(=O)OC1CC[NH2+]CC1. The van der Waals surface area contributed by atoms with E-state index in [1.165, 1.54) is 19.3 Å². The maximum absolute atomic E-state index is 13.1. The van der Waals surface area contributed by atoms with Crippen LogP contribution in [0.2, 0.25) is 0 Å². The van der Waals surface area contributed by atoms with Crippen LogP contribution in [-0.4, -0.2) is 61.9 Å². The number of carbonyl (C=O) groups excluding carboxylic acids is 4. The van der Waals surface area contributed by atoms with Gasteiger partial charge in [-0.2, -0.15) is 0 Å². The van der Waals surface area contributed by atoms with Crippen LogP contribution in [0.5, 0.6) is 0 Å². The lowest BCUT2D eigenvalue weighted by Crippen LogP contribution is -2.86. The first-order valence-corrected chi connectivity index (χ1v) is 14.0. The van der Waals surface area contributed by atoms with E-state index in [0.29, 0.717) is 24.2 Å². The first-order valence-electron chi connectivity index (χ1n) is 14.0. The third-order valence-corrected chi connectivity index (χ3v) is 10.5. The summed E-state index contributed by atoms with van der Waals surface area (Å²) in [5, 5.41) is 2.20. The zero-order valence-corrected chi connectivity index (χ0v) is 20.6. The summed E-state index contributed by atoms with van der Waals surface area (Å²) in [6.07, 6.45) is 7.17. The summed E-state index contributed by atoms with van der Waals surface area (Å²) in [6, 6.07) is 0. The largest absolute Gasteiger partial charge is 0.462 e. The number of quaternary nitrogens is 1. The number of ether oxygens (including phenoxy) is 4. The van der Waals surface area contributed by atoms with Crippen LogP contribution < -0.4 is 5.32 Å². The molecule has 0 radical (unpaired) electrons. The molecular formula is C27H36NO8+. The molecule has 2 saturated heterocycles. The summed E-state index contributed by atoms with van der Waals surface area (Å²) in [5.74, 6) is -1.41. The van der Waals surface area contributed by atoms with Crippen molar-refractivity contribution in [3.8, 4) is 0 Å². The lowest BCUT2D eigenvalue weighted by atomic mass is 9.49. The van der Waals surface area contributed by atoms with Crippen molar-refractivity contribution in [1.29, 1.82) is 0 Å². The van der Waals surface area contributed by atoms with Crippen molar-refractivity contribution >= 4 is 23.9 Å². The van der Waals surface area contributed by atoms with Gasteiger partial charge in [0.2, 0.25) is 0 Å². The highest BCUT2D eigenvalue weighted by molar-refractivity contribution is 5.86. The van der Waals surface area contributed by atoms with Crippen LogP contribution in [0.4, 0.5) is 0 Å². The molecule has 0 amide bonds. The Bertz CT molecular complexity index is 938. The molecule has 8 aliphatic rings. The van der Waals surface area contributed by atoms with Gasteiger partial charge in [0.15, 0.2) is 6.61 Å². The summed E-state index contributed by atoms with van der Waals surface area (Å²) in [4.78, 5) is 51.6. The van der Waals surface area contributed by atoms with E-state index in [4.69, 9.17) is 18.9 Å². The van der Waals surface area contributed by atoms with Gasteiger partial charge < -0.3 is 24.3 Å². The molecule has 6 atom stereocenters. The van der Waals surface area contributed by atoms with Crippen molar-refractivity contribution in [3.63, 3.8) is 0 Å². The molecule has 2 aliphatic heterocycles. The molecule has 196 valence electrons. The topological polar surface area (TPSA) is 122 Å². The Kier molecular flexibility index (Phi) is 5.38. The standard InChI is InChI=1S/C27H35NO8/c29-19(12-33-26(32)27-9-13-5-14(10-27)7-15(6-13)11-27)35-22-17-8-18-21(25(31)36-23(18)22)20(17)24(30)34-16-1-3-28-4-2-16/h13-18,20-23,28H,1-12H2/p+1. The van der Waals surface area contributed by atoms with Gasteiger partial charge in [-0.3, -0.25) is 14.4 Å². The minimum atomic E-state index is -0.694. The molecule has 0 aromatic rings. The van der Waals surface area contributed by atoms with Crippen molar-refractivity contribution in [2.24, 2.45) is 46.8 Å². The quantitative estimate of drug-likeness (QED) is 0.417. The maximum atomic E-state index is 13.1. The Morgan fingerprint density at radius 2 is 1.58 bits per heavy atom. The smallest absolute Gasteiger partial charge is 0.344 e. The minimum absolute atomic E-state index is 0.125. The number of fused-ring (bicyclic) bond motifs is 1. The molecule has 0 spiro atoms. The Balaban J connectivity index is 0.984. The Morgan fingerprint density at radius 3 is 2.25 bits per heavy atom. The number of carbonyl (C=O) groups is 4. The van der Waals surface area contributed by atoms with Gasteiger partial charge in [-0.25, -0.2) is 4.79 Å². The summed E-state index contributed by atoms with van der Waals surface area (Å²) in [6.45, 7) is 1.40. The summed E-state index contributed by atoms with van der Waals surface area (Å²) in [7, 11) is 0. The number of nitrogens with two attached hydrogens (primary N) is 1. The molecule has 9 heteroatoms. The molecule has 2 heterocycles. The van der Waals surface area contributed by atoms with E-state index in [-0.39, 0.29) is 29.9 Å². The number of hydrogen-bond donors (Lipinski definition) is 1. The lowest BCUT2D eigenvalue weighted by Gasteiger charge is -2.55. The number of rotatable bonds is 6. The first-order chi connectivity index (χ1) is 17.4. The van der Waals surface area contributed by atoms with Crippen LogP contribution in [0.15, 0.2) is 0 Å². The Labute approximate surface area is 210 Å². The maximum Gasteiger partial charge on any atom is 0.344 e. The van der Waals surface area contributed by atoms with Crippen molar-refractivity contribution in [1.82, 2.24) is 0 Å². The lowest BCUT2D eigenvalue weighted by molar-refractivity contribution is -0.664. The fourth-order valence-corrected chi connectivity index (χ4v) is 9.55. The summed E-state index contributed by atoms with van der Waals surface area (Å²) < 4.78 is 22.7. The van der Waals surface area contributed by atoms with E-state index < -0.39 is 48.0 Å². The molecule has 0 aromatic carbocycles. The average Bonchev–Trinajstić information content (AvgIpc) is 3.46. The van der Waals surface area contributed by atoms with Gasteiger partial charge >= 0.3 is 23.9 Å².